The molecule has 2 rings (SSSR count). The smallest absolute Gasteiger partial charge is 0.160 e. The molecule has 0 spiro atoms. The molecule has 2 aromatic heterocycles. The van der Waals surface area contributed by atoms with E-state index >= 15 is 0 Å². The zero-order valence-electron chi connectivity index (χ0n) is 7.73. The van der Waals surface area contributed by atoms with Crippen molar-refractivity contribution >= 4 is 17.6 Å². The zero-order chi connectivity index (χ0) is 9.97. The Morgan fingerprint density at radius 1 is 1.29 bits per heavy atom. The summed E-state index contributed by atoms with van der Waals surface area (Å²) in [6, 6.07) is 7.76. The van der Waals surface area contributed by atoms with Crippen molar-refractivity contribution in [2.45, 2.75) is 6.92 Å². The third kappa shape index (κ3) is 1.72. The molecule has 0 saturated heterocycles. The van der Waals surface area contributed by atoms with Gasteiger partial charge in [0.1, 0.15) is 0 Å². The molecule has 3 heteroatoms. The molecule has 0 N–H and O–H groups in total. The van der Waals surface area contributed by atoms with Crippen molar-refractivity contribution in [2.75, 3.05) is 0 Å². The average molecular weight is 203 g/mol. The van der Waals surface area contributed by atoms with Crippen molar-refractivity contribution in [3.63, 3.8) is 0 Å². The number of aryl methyl sites for hydroxylation is 1. The Hall–Kier alpha value is -1.48. The summed E-state index contributed by atoms with van der Waals surface area (Å²) >= 11 is 1.48. The second-order valence-electron chi connectivity index (χ2n) is 3.01. The summed E-state index contributed by atoms with van der Waals surface area (Å²) in [6.07, 6.45) is 2.70. The Balaban J connectivity index is 2.39. The standard InChI is InChI=1S/C11H9NOS/c1-8-2-3-9(6-12-8)11-5-4-10(7-13)14-11/h2-7H,1H3. The number of hydrogen-bond donors (Lipinski definition) is 0. The van der Waals surface area contributed by atoms with Crippen LogP contribution in [0.2, 0.25) is 0 Å². The summed E-state index contributed by atoms with van der Waals surface area (Å²) < 4.78 is 0. The van der Waals surface area contributed by atoms with Gasteiger partial charge in [-0.15, -0.1) is 11.3 Å². The Labute approximate surface area is 86.2 Å². The van der Waals surface area contributed by atoms with E-state index in [4.69, 9.17) is 0 Å². The van der Waals surface area contributed by atoms with Crippen LogP contribution in [0.15, 0.2) is 30.5 Å². The monoisotopic (exact) mass is 203 g/mol. The molecule has 0 fully saturated rings. The van der Waals surface area contributed by atoms with Crippen molar-refractivity contribution in [3.05, 3.63) is 41.0 Å². The number of thiophene rings is 1. The molecule has 0 saturated carbocycles. The van der Waals surface area contributed by atoms with Gasteiger partial charge in [-0.25, -0.2) is 0 Å². The van der Waals surface area contributed by atoms with Crippen LogP contribution in [0.1, 0.15) is 15.4 Å². The third-order valence-electron chi connectivity index (χ3n) is 1.94. The lowest BCUT2D eigenvalue weighted by Gasteiger charge is -1.96. The average Bonchev–Trinajstić information content (AvgIpc) is 2.67. The number of aldehydes is 1. The van der Waals surface area contributed by atoms with Crippen LogP contribution >= 0.6 is 11.3 Å². The minimum absolute atomic E-state index is 0.751. The molecule has 70 valence electrons. The van der Waals surface area contributed by atoms with Crippen LogP contribution in [0.3, 0.4) is 0 Å². The van der Waals surface area contributed by atoms with E-state index in [1.165, 1.54) is 11.3 Å². The van der Waals surface area contributed by atoms with Crippen molar-refractivity contribution in [2.24, 2.45) is 0 Å². The number of pyridine rings is 1. The first-order valence-electron chi connectivity index (χ1n) is 4.27. The van der Waals surface area contributed by atoms with Gasteiger partial charge in [0, 0.05) is 22.3 Å². The van der Waals surface area contributed by atoms with Gasteiger partial charge in [0.25, 0.3) is 0 Å². The van der Waals surface area contributed by atoms with Gasteiger partial charge in [0.15, 0.2) is 6.29 Å². The molecule has 0 amide bonds. The van der Waals surface area contributed by atoms with E-state index in [0.29, 0.717) is 0 Å². The molecule has 0 atom stereocenters. The Bertz CT molecular complexity index is 445. The van der Waals surface area contributed by atoms with Crippen LogP contribution in [0.25, 0.3) is 10.4 Å². The summed E-state index contributed by atoms with van der Waals surface area (Å²) in [5.74, 6) is 0. The largest absolute Gasteiger partial charge is 0.297 e. The van der Waals surface area contributed by atoms with Crippen molar-refractivity contribution in [1.82, 2.24) is 4.98 Å². The highest BCUT2D eigenvalue weighted by molar-refractivity contribution is 7.17. The second-order valence-corrected chi connectivity index (χ2v) is 4.12. The lowest BCUT2D eigenvalue weighted by molar-refractivity contribution is 0.112. The van der Waals surface area contributed by atoms with E-state index in [-0.39, 0.29) is 0 Å². The summed E-state index contributed by atoms with van der Waals surface area (Å²) in [6.45, 7) is 1.95. The maximum absolute atomic E-state index is 10.5. The van der Waals surface area contributed by atoms with Crippen LogP contribution in [0, 0.1) is 6.92 Å². The number of aromatic nitrogens is 1. The van der Waals surface area contributed by atoms with E-state index in [9.17, 15) is 4.79 Å². The zero-order valence-corrected chi connectivity index (χ0v) is 8.54. The molecular formula is C11H9NOS. The Morgan fingerprint density at radius 2 is 2.14 bits per heavy atom. The molecule has 2 aromatic rings. The Morgan fingerprint density at radius 3 is 2.71 bits per heavy atom. The first-order valence-corrected chi connectivity index (χ1v) is 5.09. The van der Waals surface area contributed by atoms with E-state index in [0.717, 1.165) is 27.3 Å². The van der Waals surface area contributed by atoms with Gasteiger partial charge in [0.05, 0.1) is 4.88 Å². The molecule has 0 aromatic carbocycles. The topological polar surface area (TPSA) is 30.0 Å². The molecule has 0 unspecified atom stereocenters. The summed E-state index contributed by atoms with van der Waals surface area (Å²) in [5.41, 5.74) is 2.06. The molecule has 0 aliphatic heterocycles. The van der Waals surface area contributed by atoms with Crippen molar-refractivity contribution in [1.29, 1.82) is 0 Å². The summed E-state index contributed by atoms with van der Waals surface area (Å²) in [7, 11) is 0. The summed E-state index contributed by atoms with van der Waals surface area (Å²) in [5, 5.41) is 0. The van der Waals surface area contributed by atoms with Crippen molar-refractivity contribution in [3.8, 4) is 10.4 Å². The number of nitrogens with zero attached hydrogens (tertiary/aromatic N) is 1. The fourth-order valence-corrected chi connectivity index (χ4v) is 2.00. The van der Waals surface area contributed by atoms with Crippen LogP contribution < -0.4 is 0 Å². The minimum atomic E-state index is 0.751. The highest BCUT2D eigenvalue weighted by Crippen LogP contribution is 2.26. The molecule has 2 heterocycles. The van der Waals surface area contributed by atoms with Crippen LogP contribution in [-0.4, -0.2) is 11.3 Å². The molecule has 14 heavy (non-hydrogen) atoms. The summed E-state index contributed by atoms with van der Waals surface area (Å²) in [4.78, 5) is 16.5. The number of carbonyl (C=O) groups excluding carboxylic acids is 1. The van der Waals surface area contributed by atoms with Crippen LogP contribution in [0.5, 0.6) is 0 Å². The number of carbonyl (C=O) groups is 1. The lowest BCUT2D eigenvalue weighted by Crippen LogP contribution is -1.79. The molecule has 2 nitrogen and oxygen atoms in total. The fraction of sp³-hybridized carbons (Fsp3) is 0.0909. The number of hydrogen-bond acceptors (Lipinski definition) is 3. The molecule has 0 aliphatic rings. The van der Waals surface area contributed by atoms with Crippen LogP contribution in [0.4, 0.5) is 0 Å². The van der Waals surface area contributed by atoms with Gasteiger partial charge in [-0.2, -0.15) is 0 Å². The molecular weight excluding hydrogens is 194 g/mol. The maximum atomic E-state index is 10.5. The van der Waals surface area contributed by atoms with Gasteiger partial charge in [-0.1, -0.05) is 6.07 Å². The molecule has 0 aliphatic carbocycles. The second kappa shape index (κ2) is 3.72. The van der Waals surface area contributed by atoms with Gasteiger partial charge in [-0.05, 0) is 25.1 Å². The van der Waals surface area contributed by atoms with Gasteiger partial charge >= 0.3 is 0 Å². The van der Waals surface area contributed by atoms with Gasteiger partial charge < -0.3 is 0 Å². The van der Waals surface area contributed by atoms with E-state index in [1.807, 2.05) is 37.4 Å². The van der Waals surface area contributed by atoms with Crippen LogP contribution in [-0.2, 0) is 0 Å². The minimum Gasteiger partial charge on any atom is -0.297 e. The highest BCUT2D eigenvalue weighted by Gasteiger charge is 2.01. The lowest BCUT2D eigenvalue weighted by atomic mass is 10.2. The predicted octanol–water partition coefficient (Wildman–Crippen LogP) is 2.93. The fourth-order valence-electron chi connectivity index (χ4n) is 1.18. The normalized spacial score (nSPS) is 10.1. The highest BCUT2D eigenvalue weighted by atomic mass is 32.1. The van der Waals surface area contributed by atoms with E-state index in [1.54, 1.807) is 0 Å². The van der Waals surface area contributed by atoms with Gasteiger partial charge in [0.2, 0.25) is 0 Å². The van der Waals surface area contributed by atoms with Gasteiger partial charge in [-0.3, -0.25) is 9.78 Å². The Kier molecular flexibility index (Phi) is 2.41. The van der Waals surface area contributed by atoms with E-state index in [2.05, 4.69) is 4.98 Å². The number of rotatable bonds is 2. The SMILES string of the molecule is Cc1ccc(-c2ccc(C=O)s2)cn1. The first kappa shape index (κ1) is 9.09. The maximum Gasteiger partial charge on any atom is 0.160 e. The first-order chi connectivity index (χ1) is 6.79. The predicted molar refractivity (Wildman–Crippen MR) is 57.7 cm³/mol. The van der Waals surface area contributed by atoms with E-state index < -0.39 is 0 Å². The molecule has 0 radical (unpaired) electrons. The molecule has 0 bridgehead atoms. The van der Waals surface area contributed by atoms with Crippen molar-refractivity contribution < 1.29 is 4.79 Å². The quantitative estimate of drug-likeness (QED) is 0.702. The third-order valence-corrected chi connectivity index (χ3v) is 3.00.